The van der Waals surface area contributed by atoms with Crippen molar-refractivity contribution in [2.45, 2.75) is 39.7 Å². The van der Waals surface area contributed by atoms with Crippen molar-refractivity contribution >= 4 is 11.6 Å². The summed E-state index contributed by atoms with van der Waals surface area (Å²) >= 11 is 0. The Labute approximate surface area is 126 Å². The Morgan fingerprint density at radius 3 is 2.57 bits per heavy atom. The van der Waals surface area contributed by atoms with Crippen molar-refractivity contribution in [3.05, 3.63) is 42.0 Å². The average Bonchev–Trinajstić information content (AvgIpc) is 2.53. The first-order valence-corrected chi connectivity index (χ1v) is 7.51. The van der Waals surface area contributed by atoms with Crippen LogP contribution < -0.4 is 10.6 Å². The minimum absolute atomic E-state index is 0.102. The first kappa shape index (κ1) is 15.2. The van der Waals surface area contributed by atoms with Gasteiger partial charge in [0.15, 0.2) is 0 Å². The number of hydrogen-bond acceptors (Lipinski definition) is 5. The van der Waals surface area contributed by atoms with E-state index in [9.17, 15) is 0 Å². The second-order valence-corrected chi connectivity index (χ2v) is 4.95. The standard InChI is InChI=1S/C16H23N5/c1-4-9-18-15-13(5-2)16(20-11-19-15)21-12(3)14-8-6-7-10-17-14/h6-8,10-12H,4-5,9H2,1-3H3,(H2,18,19,20,21). The van der Waals surface area contributed by atoms with Crippen LogP contribution in [0.4, 0.5) is 11.6 Å². The van der Waals surface area contributed by atoms with E-state index in [-0.39, 0.29) is 6.04 Å². The Bertz CT molecular complexity index is 556. The fraction of sp³-hybridized carbons (Fsp3) is 0.438. The molecule has 0 spiro atoms. The van der Waals surface area contributed by atoms with Gasteiger partial charge in [-0.15, -0.1) is 0 Å². The highest BCUT2D eigenvalue weighted by Crippen LogP contribution is 2.24. The van der Waals surface area contributed by atoms with Gasteiger partial charge in [0.1, 0.15) is 18.0 Å². The van der Waals surface area contributed by atoms with Gasteiger partial charge in [-0.1, -0.05) is 19.9 Å². The third-order valence-electron chi connectivity index (χ3n) is 3.33. The number of hydrogen-bond donors (Lipinski definition) is 2. The van der Waals surface area contributed by atoms with Gasteiger partial charge in [-0.3, -0.25) is 4.98 Å². The summed E-state index contributed by atoms with van der Waals surface area (Å²) < 4.78 is 0. The number of anilines is 2. The smallest absolute Gasteiger partial charge is 0.135 e. The summed E-state index contributed by atoms with van der Waals surface area (Å²) in [6.07, 6.45) is 5.36. The maximum absolute atomic E-state index is 4.39. The van der Waals surface area contributed by atoms with Crippen LogP contribution in [-0.2, 0) is 6.42 Å². The molecule has 0 bridgehead atoms. The molecule has 0 aliphatic heterocycles. The molecule has 0 aromatic carbocycles. The van der Waals surface area contributed by atoms with Crippen molar-refractivity contribution < 1.29 is 0 Å². The summed E-state index contributed by atoms with van der Waals surface area (Å²) in [4.78, 5) is 13.1. The van der Waals surface area contributed by atoms with Crippen LogP contribution in [0.2, 0.25) is 0 Å². The summed E-state index contributed by atoms with van der Waals surface area (Å²) in [6.45, 7) is 7.26. The first-order valence-electron chi connectivity index (χ1n) is 7.51. The van der Waals surface area contributed by atoms with Crippen LogP contribution >= 0.6 is 0 Å². The zero-order chi connectivity index (χ0) is 15.1. The zero-order valence-corrected chi connectivity index (χ0v) is 12.9. The van der Waals surface area contributed by atoms with Crippen molar-refractivity contribution in [3.63, 3.8) is 0 Å². The van der Waals surface area contributed by atoms with E-state index in [4.69, 9.17) is 0 Å². The van der Waals surface area contributed by atoms with Crippen LogP contribution in [0, 0.1) is 0 Å². The van der Waals surface area contributed by atoms with Gasteiger partial charge in [0.25, 0.3) is 0 Å². The van der Waals surface area contributed by atoms with E-state index in [2.05, 4.69) is 46.4 Å². The lowest BCUT2D eigenvalue weighted by atomic mass is 10.1. The average molecular weight is 285 g/mol. The summed E-state index contributed by atoms with van der Waals surface area (Å²) in [6, 6.07) is 6.03. The minimum Gasteiger partial charge on any atom is -0.370 e. The van der Waals surface area contributed by atoms with E-state index in [1.165, 1.54) is 0 Å². The Balaban J connectivity index is 2.19. The number of rotatable bonds is 7. The summed E-state index contributed by atoms with van der Waals surface area (Å²) in [5, 5.41) is 6.80. The third-order valence-corrected chi connectivity index (χ3v) is 3.33. The predicted octanol–water partition coefficient (Wildman–Crippen LogP) is 3.43. The van der Waals surface area contributed by atoms with Gasteiger partial charge in [0.2, 0.25) is 0 Å². The fourth-order valence-corrected chi connectivity index (χ4v) is 2.18. The largest absolute Gasteiger partial charge is 0.370 e. The van der Waals surface area contributed by atoms with E-state index in [0.29, 0.717) is 0 Å². The van der Waals surface area contributed by atoms with Gasteiger partial charge in [0.05, 0.1) is 11.7 Å². The molecule has 2 aromatic heterocycles. The molecule has 0 amide bonds. The van der Waals surface area contributed by atoms with E-state index in [0.717, 1.165) is 42.3 Å². The van der Waals surface area contributed by atoms with Crippen molar-refractivity contribution in [1.82, 2.24) is 15.0 Å². The Kier molecular flexibility index (Phi) is 5.49. The van der Waals surface area contributed by atoms with Crippen LogP contribution in [-0.4, -0.2) is 21.5 Å². The SMILES string of the molecule is CCCNc1ncnc(NC(C)c2ccccn2)c1CC. The van der Waals surface area contributed by atoms with Gasteiger partial charge in [-0.05, 0) is 31.9 Å². The van der Waals surface area contributed by atoms with E-state index >= 15 is 0 Å². The lowest BCUT2D eigenvalue weighted by molar-refractivity contribution is 0.824. The molecule has 0 aliphatic rings. The molecule has 0 saturated heterocycles. The van der Waals surface area contributed by atoms with Gasteiger partial charge < -0.3 is 10.6 Å². The van der Waals surface area contributed by atoms with Gasteiger partial charge in [-0.25, -0.2) is 9.97 Å². The molecule has 112 valence electrons. The molecule has 1 atom stereocenters. The lowest BCUT2D eigenvalue weighted by Crippen LogP contribution is -2.13. The topological polar surface area (TPSA) is 62.7 Å². The van der Waals surface area contributed by atoms with Gasteiger partial charge in [-0.2, -0.15) is 0 Å². The number of nitrogens with one attached hydrogen (secondary N) is 2. The first-order chi connectivity index (χ1) is 10.3. The number of pyridine rings is 1. The van der Waals surface area contributed by atoms with Crippen LogP contribution in [0.5, 0.6) is 0 Å². The van der Waals surface area contributed by atoms with Crippen LogP contribution in [0.25, 0.3) is 0 Å². The van der Waals surface area contributed by atoms with Crippen LogP contribution in [0.15, 0.2) is 30.7 Å². The molecule has 2 heterocycles. The van der Waals surface area contributed by atoms with Crippen molar-refractivity contribution in [1.29, 1.82) is 0 Å². The normalized spacial score (nSPS) is 12.0. The van der Waals surface area contributed by atoms with Crippen LogP contribution in [0.1, 0.15) is 44.5 Å². The second kappa shape index (κ2) is 7.57. The second-order valence-electron chi connectivity index (χ2n) is 4.95. The molecular formula is C16H23N5. The molecular weight excluding hydrogens is 262 g/mol. The van der Waals surface area contributed by atoms with E-state index < -0.39 is 0 Å². The molecule has 0 saturated carbocycles. The highest BCUT2D eigenvalue weighted by molar-refractivity contribution is 5.57. The monoisotopic (exact) mass is 285 g/mol. The third kappa shape index (κ3) is 3.90. The zero-order valence-electron chi connectivity index (χ0n) is 12.9. The lowest BCUT2D eigenvalue weighted by Gasteiger charge is -2.18. The van der Waals surface area contributed by atoms with E-state index in [1.807, 2.05) is 24.4 Å². The highest BCUT2D eigenvalue weighted by atomic mass is 15.1. The van der Waals surface area contributed by atoms with Crippen molar-refractivity contribution in [2.75, 3.05) is 17.2 Å². The molecule has 0 fully saturated rings. The summed E-state index contributed by atoms with van der Waals surface area (Å²) in [7, 11) is 0. The molecule has 21 heavy (non-hydrogen) atoms. The molecule has 2 rings (SSSR count). The number of nitrogens with zero attached hydrogens (tertiary/aromatic N) is 3. The Morgan fingerprint density at radius 1 is 1.10 bits per heavy atom. The quantitative estimate of drug-likeness (QED) is 0.816. The molecule has 2 N–H and O–H groups in total. The molecule has 5 heteroatoms. The Morgan fingerprint density at radius 2 is 1.90 bits per heavy atom. The van der Waals surface area contributed by atoms with Gasteiger partial charge in [0, 0.05) is 18.3 Å². The Hall–Kier alpha value is -2.17. The molecule has 0 radical (unpaired) electrons. The summed E-state index contributed by atoms with van der Waals surface area (Å²) in [5.74, 6) is 1.80. The van der Waals surface area contributed by atoms with E-state index in [1.54, 1.807) is 6.33 Å². The maximum atomic E-state index is 4.39. The summed E-state index contributed by atoms with van der Waals surface area (Å²) in [5.41, 5.74) is 2.12. The molecule has 5 nitrogen and oxygen atoms in total. The van der Waals surface area contributed by atoms with Crippen molar-refractivity contribution in [2.24, 2.45) is 0 Å². The minimum atomic E-state index is 0.102. The highest BCUT2D eigenvalue weighted by Gasteiger charge is 2.13. The fourth-order valence-electron chi connectivity index (χ4n) is 2.18. The van der Waals surface area contributed by atoms with Crippen molar-refractivity contribution in [3.8, 4) is 0 Å². The maximum Gasteiger partial charge on any atom is 0.135 e. The predicted molar refractivity (Wildman–Crippen MR) is 86.5 cm³/mol. The van der Waals surface area contributed by atoms with Crippen LogP contribution in [0.3, 0.4) is 0 Å². The number of aromatic nitrogens is 3. The molecule has 1 unspecified atom stereocenters. The molecule has 0 aliphatic carbocycles. The van der Waals surface area contributed by atoms with Gasteiger partial charge >= 0.3 is 0 Å². The molecule has 2 aromatic rings.